The average molecular weight is 328 g/mol. The Morgan fingerprint density at radius 3 is 2.81 bits per heavy atom. The fraction of sp³-hybridized carbons (Fsp3) is 0.357. The lowest BCUT2D eigenvalue weighted by Crippen LogP contribution is -2.31. The number of imide groups is 1. The zero-order valence-electron chi connectivity index (χ0n) is 11.4. The Morgan fingerprint density at radius 2 is 2.14 bits per heavy atom. The van der Waals surface area contributed by atoms with Crippen LogP contribution in [0.1, 0.15) is 13.3 Å². The molecule has 0 aromatic heterocycles. The van der Waals surface area contributed by atoms with E-state index in [4.69, 9.17) is 16.3 Å². The first kappa shape index (κ1) is 15.9. The van der Waals surface area contributed by atoms with Gasteiger partial charge < -0.3 is 4.74 Å². The van der Waals surface area contributed by atoms with Crippen LogP contribution in [0.5, 0.6) is 0 Å². The summed E-state index contributed by atoms with van der Waals surface area (Å²) >= 11 is 7.14. The van der Waals surface area contributed by atoms with Crippen molar-refractivity contribution in [3.63, 3.8) is 0 Å². The van der Waals surface area contributed by atoms with Crippen molar-refractivity contribution >= 4 is 46.8 Å². The molecule has 112 valence electrons. The number of hydrogen-bond acceptors (Lipinski definition) is 5. The number of thioether (sulfide) groups is 1. The fourth-order valence-electron chi connectivity index (χ4n) is 1.99. The fourth-order valence-corrected chi connectivity index (χ4v) is 3.14. The van der Waals surface area contributed by atoms with Crippen LogP contribution >= 0.6 is 23.4 Å². The van der Waals surface area contributed by atoms with Crippen molar-refractivity contribution < 1.29 is 19.1 Å². The van der Waals surface area contributed by atoms with E-state index in [1.165, 1.54) is 0 Å². The second-order valence-electron chi connectivity index (χ2n) is 4.33. The third kappa shape index (κ3) is 3.57. The highest BCUT2D eigenvalue weighted by molar-refractivity contribution is 8.01. The Kier molecular flexibility index (Phi) is 5.25. The van der Waals surface area contributed by atoms with Crippen molar-refractivity contribution in [1.82, 2.24) is 0 Å². The second kappa shape index (κ2) is 6.95. The molecule has 0 spiro atoms. The number of benzene rings is 1. The number of amides is 2. The highest BCUT2D eigenvalue weighted by Crippen LogP contribution is 2.33. The highest BCUT2D eigenvalue weighted by atomic mass is 35.5. The molecule has 1 aliphatic rings. The van der Waals surface area contributed by atoms with Gasteiger partial charge in [-0.25, -0.2) is 4.90 Å². The maximum Gasteiger partial charge on any atom is 0.315 e. The molecule has 2 rings (SSSR count). The molecule has 0 aliphatic carbocycles. The second-order valence-corrected chi connectivity index (χ2v) is 5.93. The van der Waals surface area contributed by atoms with Crippen LogP contribution in [0.3, 0.4) is 0 Å². The first-order chi connectivity index (χ1) is 10.0. The molecule has 2 amide bonds. The zero-order valence-corrected chi connectivity index (χ0v) is 12.9. The summed E-state index contributed by atoms with van der Waals surface area (Å²) in [5.74, 6) is -0.996. The van der Waals surface area contributed by atoms with Crippen molar-refractivity contribution in [2.24, 2.45) is 0 Å². The van der Waals surface area contributed by atoms with Gasteiger partial charge in [-0.15, -0.1) is 11.8 Å². The monoisotopic (exact) mass is 327 g/mol. The minimum atomic E-state index is -0.571. The lowest BCUT2D eigenvalue weighted by Gasteiger charge is -2.16. The molecule has 1 heterocycles. The summed E-state index contributed by atoms with van der Waals surface area (Å²) in [7, 11) is 0. The van der Waals surface area contributed by atoms with Gasteiger partial charge in [0.25, 0.3) is 0 Å². The molecular formula is C14H14ClNO4S. The van der Waals surface area contributed by atoms with Crippen LogP contribution in [0.4, 0.5) is 5.69 Å². The molecule has 1 fully saturated rings. The van der Waals surface area contributed by atoms with Crippen molar-refractivity contribution in [3.8, 4) is 0 Å². The molecule has 0 unspecified atom stereocenters. The highest BCUT2D eigenvalue weighted by Gasteiger charge is 2.40. The number of halogens is 1. The number of nitrogens with zero attached hydrogens (tertiary/aromatic N) is 1. The van der Waals surface area contributed by atoms with Gasteiger partial charge in [0.1, 0.15) is 0 Å². The zero-order chi connectivity index (χ0) is 15.4. The summed E-state index contributed by atoms with van der Waals surface area (Å²) in [6, 6.07) is 6.68. The predicted molar refractivity (Wildman–Crippen MR) is 81.4 cm³/mol. The third-order valence-electron chi connectivity index (χ3n) is 2.91. The van der Waals surface area contributed by atoms with Crippen LogP contribution < -0.4 is 4.90 Å². The molecule has 0 saturated carbocycles. The van der Waals surface area contributed by atoms with E-state index in [0.717, 1.165) is 16.7 Å². The van der Waals surface area contributed by atoms with Crippen molar-refractivity contribution in [2.75, 3.05) is 17.3 Å². The molecule has 21 heavy (non-hydrogen) atoms. The topological polar surface area (TPSA) is 63.7 Å². The molecule has 5 nitrogen and oxygen atoms in total. The first-order valence-corrected chi connectivity index (χ1v) is 7.85. The smallest absolute Gasteiger partial charge is 0.315 e. The van der Waals surface area contributed by atoms with Gasteiger partial charge in [-0.1, -0.05) is 23.7 Å². The number of hydrogen-bond donors (Lipinski definition) is 0. The van der Waals surface area contributed by atoms with Crippen LogP contribution in [-0.4, -0.2) is 35.4 Å². The van der Waals surface area contributed by atoms with Crippen LogP contribution in [-0.2, 0) is 19.1 Å². The number of rotatable bonds is 5. The van der Waals surface area contributed by atoms with Gasteiger partial charge in [0.2, 0.25) is 11.8 Å². The van der Waals surface area contributed by atoms with E-state index in [-0.39, 0.29) is 30.0 Å². The molecule has 0 N–H and O–H groups in total. The van der Waals surface area contributed by atoms with Crippen LogP contribution in [0.15, 0.2) is 24.3 Å². The maximum absolute atomic E-state index is 12.3. The van der Waals surface area contributed by atoms with E-state index in [1.807, 2.05) is 0 Å². The maximum atomic E-state index is 12.3. The van der Waals surface area contributed by atoms with Crippen LogP contribution in [0, 0.1) is 0 Å². The minimum Gasteiger partial charge on any atom is -0.465 e. The molecule has 0 radical (unpaired) electrons. The van der Waals surface area contributed by atoms with Crippen molar-refractivity contribution in [1.29, 1.82) is 0 Å². The van der Waals surface area contributed by atoms with E-state index in [2.05, 4.69) is 0 Å². The van der Waals surface area contributed by atoms with E-state index in [1.54, 1.807) is 31.2 Å². The Morgan fingerprint density at radius 1 is 1.43 bits per heavy atom. The molecule has 0 bridgehead atoms. The van der Waals surface area contributed by atoms with Crippen LogP contribution in [0.25, 0.3) is 0 Å². The quantitative estimate of drug-likeness (QED) is 0.613. The van der Waals surface area contributed by atoms with Gasteiger partial charge in [0, 0.05) is 6.42 Å². The lowest BCUT2D eigenvalue weighted by atomic mass is 10.3. The van der Waals surface area contributed by atoms with Crippen molar-refractivity contribution in [3.05, 3.63) is 29.3 Å². The summed E-state index contributed by atoms with van der Waals surface area (Å²) in [5.41, 5.74) is 0.383. The minimum absolute atomic E-state index is 0.0495. The van der Waals surface area contributed by atoms with Crippen LogP contribution in [0.2, 0.25) is 5.02 Å². The van der Waals surface area contributed by atoms with Gasteiger partial charge in [-0.2, -0.15) is 0 Å². The summed E-state index contributed by atoms with van der Waals surface area (Å²) in [5, 5.41) is -0.228. The normalized spacial score (nSPS) is 18.2. The standard InChI is InChI=1S/C14H14ClNO4S/c1-2-20-13(18)8-21-11-7-12(17)16(14(11)19)10-6-4-3-5-9(10)15/h3-6,11H,2,7-8H2,1H3/t11-/m0/s1. The van der Waals surface area contributed by atoms with E-state index < -0.39 is 5.25 Å². The Bertz CT molecular complexity index is 578. The predicted octanol–water partition coefficient (Wildman–Crippen LogP) is 2.27. The third-order valence-corrected chi connectivity index (χ3v) is 4.40. The number of esters is 1. The lowest BCUT2D eigenvalue weighted by molar-refractivity contribution is -0.139. The largest absolute Gasteiger partial charge is 0.465 e. The molecule has 1 aromatic carbocycles. The van der Waals surface area contributed by atoms with Gasteiger partial charge in [0.15, 0.2) is 0 Å². The van der Waals surface area contributed by atoms with Gasteiger partial charge in [-0.3, -0.25) is 14.4 Å². The Hall–Kier alpha value is -1.53. The van der Waals surface area contributed by atoms with E-state index >= 15 is 0 Å². The SMILES string of the molecule is CCOC(=O)CS[C@H]1CC(=O)N(c2ccccc2Cl)C1=O. The Labute approximate surface area is 131 Å². The summed E-state index contributed by atoms with van der Waals surface area (Å²) < 4.78 is 4.80. The molecule has 1 aliphatic heterocycles. The molecule has 1 atom stereocenters. The van der Waals surface area contributed by atoms with E-state index in [0.29, 0.717) is 17.3 Å². The van der Waals surface area contributed by atoms with Crippen molar-refractivity contribution in [2.45, 2.75) is 18.6 Å². The number of anilines is 1. The van der Waals surface area contributed by atoms with Gasteiger partial charge in [0.05, 0.1) is 28.3 Å². The number of ether oxygens (including phenoxy) is 1. The van der Waals surface area contributed by atoms with Gasteiger partial charge >= 0.3 is 5.97 Å². The summed E-state index contributed by atoms with van der Waals surface area (Å²) in [4.78, 5) is 36.8. The Balaban J connectivity index is 2.07. The number of para-hydroxylation sites is 1. The summed E-state index contributed by atoms with van der Waals surface area (Å²) in [6.45, 7) is 2.01. The number of carbonyl (C=O) groups is 3. The average Bonchev–Trinajstić information content (AvgIpc) is 2.73. The molecular weight excluding hydrogens is 314 g/mol. The molecule has 7 heteroatoms. The first-order valence-electron chi connectivity index (χ1n) is 6.43. The van der Waals surface area contributed by atoms with E-state index in [9.17, 15) is 14.4 Å². The van der Waals surface area contributed by atoms with Gasteiger partial charge in [-0.05, 0) is 19.1 Å². The number of carbonyl (C=O) groups excluding carboxylic acids is 3. The molecule has 1 saturated heterocycles. The molecule has 1 aromatic rings. The summed E-state index contributed by atoms with van der Waals surface area (Å²) in [6.07, 6.45) is 0.0636.